The van der Waals surface area contributed by atoms with E-state index in [2.05, 4.69) is 36.3 Å². The number of H-pyrrole nitrogens is 1. The van der Waals surface area contributed by atoms with Crippen LogP contribution in [0.2, 0.25) is 0 Å². The SMILES string of the molecule is Cc1ccc2[nH]cc(C(N)C3CCCCC3)c2c1. The van der Waals surface area contributed by atoms with Crippen molar-refractivity contribution in [3.63, 3.8) is 0 Å². The Kier molecular flexibility index (Phi) is 3.13. The third-order valence-electron chi connectivity index (χ3n) is 4.39. The standard InChI is InChI=1S/C16H22N2/c1-11-7-8-15-13(9-11)14(10-18-15)16(17)12-5-3-2-4-6-12/h7-10,12,16,18H,2-6,17H2,1H3. The van der Waals surface area contributed by atoms with Gasteiger partial charge in [-0.3, -0.25) is 0 Å². The fraction of sp³-hybridized carbons (Fsp3) is 0.500. The number of nitrogens with two attached hydrogens (primary N) is 1. The van der Waals surface area contributed by atoms with E-state index in [0.717, 1.165) is 0 Å². The summed E-state index contributed by atoms with van der Waals surface area (Å²) in [6, 6.07) is 6.75. The second kappa shape index (κ2) is 4.77. The number of nitrogens with one attached hydrogen (secondary N) is 1. The molecular formula is C16H22N2. The summed E-state index contributed by atoms with van der Waals surface area (Å²) >= 11 is 0. The van der Waals surface area contributed by atoms with Crippen molar-refractivity contribution in [3.8, 4) is 0 Å². The summed E-state index contributed by atoms with van der Waals surface area (Å²) in [5.41, 5.74) is 10.3. The van der Waals surface area contributed by atoms with Gasteiger partial charge in [0.25, 0.3) is 0 Å². The zero-order valence-electron chi connectivity index (χ0n) is 11.1. The Labute approximate surface area is 109 Å². The quantitative estimate of drug-likeness (QED) is 0.819. The van der Waals surface area contributed by atoms with Crippen LogP contribution in [0.5, 0.6) is 0 Å². The summed E-state index contributed by atoms with van der Waals surface area (Å²) in [5.74, 6) is 0.665. The average Bonchev–Trinajstić information content (AvgIpc) is 2.82. The van der Waals surface area contributed by atoms with Gasteiger partial charge in [-0.25, -0.2) is 0 Å². The summed E-state index contributed by atoms with van der Waals surface area (Å²) in [6.45, 7) is 2.14. The maximum Gasteiger partial charge on any atom is 0.0457 e. The van der Waals surface area contributed by atoms with Crippen molar-refractivity contribution >= 4 is 10.9 Å². The molecule has 96 valence electrons. The van der Waals surface area contributed by atoms with Gasteiger partial charge in [0.2, 0.25) is 0 Å². The molecule has 2 nitrogen and oxygen atoms in total. The highest BCUT2D eigenvalue weighted by Crippen LogP contribution is 2.35. The summed E-state index contributed by atoms with van der Waals surface area (Å²) in [4.78, 5) is 3.36. The van der Waals surface area contributed by atoms with E-state index in [1.54, 1.807) is 0 Å². The van der Waals surface area contributed by atoms with E-state index in [1.807, 2.05) is 0 Å². The number of aromatic nitrogens is 1. The first-order valence-electron chi connectivity index (χ1n) is 7.09. The number of hydrogen-bond donors (Lipinski definition) is 2. The van der Waals surface area contributed by atoms with Gasteiger partial charge >= 0.3 is 0 Å². The molecule has 1 atom stereocenters. The van der Waals surface area contributed by atoms with E-state index < -0.39 is 0 Å². The Morgan fingerprint density at radius 1 is 1.22 bits per heavy atom. The van der Waals surface area contributed by atoms with E-state index in [0.29, 0.717) is 5.92 Å². The minimum atomic E-state index is 0.195. The molecule has 2 heteroatoms. The first-order valence-corrected chi connectivity index (χ1v) is 7.09. The number of benzene rings is 1. The van der Waals surface area contributed by atoms with Gasteiger partial charge in [0.15, 0.2) is 0 Å². The van der Waals surface area contributed by atoms with Gasteiger partial charge in [-0.1, -0.05) is 30.9 Å². The predicted molar refractivity (Wildman–Crippen MR) is 76.5 cm³/mol. The lowest BCUT2D eigenvalue weighted by Crippen LogP contribution is -2.23. The van der Waals surface area contributed by atoms with Crippen molar-refractivity contribution < 1.29 is 0 Å². The second-order valence-corrected chi connectivity index (χ2v) is 5.72. The fourth-order valence-electron chi connectivity index (χ4n) is 3.28. The molecule has 1 aliphatic carbocycles. The number of aromatic amines is 1. The summed E-state index contributed by atoms with van der Waals surface area (Å²) in [7, 11) is 0. The van der Waals surface area contributed by atoms with Gasteiger partial charge in [-0.05, 0) is 43.4 Å². The molecule has 3 rings (SSSR count). The van der Waals surface area contributed by atoms with Crippen LogP contribution in [0, 0.1) is 12.8 Å². The summed E-state index contributed by atoms with van der Waals surface area (Å²) in [5, 5.41) is 1.31. The third kappa shape index (κ3) is 2.05. The highest BCUT2D eigenvalue weighted by Gasteiger charge is 2.23. The van der Waals surface area contributed by atoms with E-state index in [1.165, 1.54) is 54.1 Å². The highest BCUT2D eigenvalue weighted by atomic mass is 14.7. The Bertz CT molecular complexity index is 535. The van der Waals surface area contributed by atoms with Gasteiger partial charge in [0, 0.05) is 23.1 Å². The van der Waals surface area contributed by atoms with Gasteiger partial charge in [0.05, 0.1) is 0 Å². The van der Waals surface area contributed by atoms with Crippen LogP contribution in [0.1, 0.15) is 49.3 Å². The molecule has 0 saturated heterocycles. The first-order chi connectivity index (χ1) is 8.75. The lowest BCUT2D eigenvalue weighted by Gasteiger charge is -2.27. The van der Waals surface area contributed by atoms with Crippen molar-refractivity contribution in [1.82, 2.24) is 4.98 Å². The fourth-order valence-corrected chi connectivity index (χ4v) is 3.28. The molecular weight excluding hydrogens is 220 g/mol. The van der Waals surface area contributed by atoms with Crippen LogP contribution < -0.4 is 5.73 Å². The molecule has 0 bridgehead atoms. The van der Waals surface area contributed by atoms with Gasteiger partial charge < -0.3 is 10.7 Å². The monoisotopic (exact) mass is 242 g/mol. The van der Waals surface area contributed by atoms with Crippen LogP contribution in [0.3, 0.4) is 0 Å². The molecule has 0 radical (unpaired) electrons. The Morgan fingerprint density at radius 2 is 2.00 bits per heavy atom. The van der Waals surface area contributed by atoms with Crippen molar-refractivity contribution in [2.24, 2.45) is 11.7 Å². The molecule has 18 heavy (non-hydrogen) atoms. The van der Waals surface area contributed by atoms with Gasteiger partial charge in [0.1, 0.15) is 0 Å². The molecule has 3 N–H and O–H groups in total. The zero-order valence-corrected chi connectivity index (χ0v) is 11.1. The molecule has 1 aliphatic rings. The highest BCUT2D eigenvalue weighted by molar-refractivity contribution is 5.84. The van der Waals surface area contributed by atoms with Crippen LogP contribution >= 0.6 is 0 Å². The van der Waals surface area contributed by atoms with Crippen LogP contribution in [-0.4, -0.2) is 4.98 Å². The molecule has 0 amide bonds. The van der Waals surface area contributed by atoms with Crippen molar-refractivity contribution in [2.45, 2.75) is 45.1 Å². The second-order valence-electron chi connectivity index (χ2n) is 5.72. The summed E-state index contributed by atoms with van der Waals surface area (Å²) < 4.78 is 0. The number of rotatable bonds is 2. The van der Waals surface area contributed by atoms with Gasteiger partial charge in [-0.2, -0.15) is 0 Å². The molecule has 0 aliphatic heterocycles. The topological polar surface area (TPSA) is 41.8 Å². The molecule has 2 aromatic rings. The Morgan fingerprint density at radius 3 is 2.78 bits per heavy atom. The van der Waals surface area contributed by atoms with Crippen molar-refractivity contribution in [1.29, 1.82) is 0 Å². The van der Waals surface area contributed by atoms with E-state index in [9.17, 15) is 0 Å². The van der Waals surface area contributed by atoms with Crippen molar-refractivity contribution in [2.75, 3.05) is 0 Å². The van der Waals surface area contributed by atoms with E-state index >= 15 is 0 Å². The average molecular weight is 242 g/mol. The lowest BCUT2D eigenvalue weighted by molar-refractivity contribution is 0.309. The Balaban J connectivity index is 1.95. The van der Waals surface area contributed by atoms with E-state index in [-0.39, 0.29) is 6.04 Å². The number of hydrogen-bond acceptors (Lipinski definition) is 1. The zero-order chi connectivity index (χ0) is 12.5. The molecule has 0 spiro atoms. The predicted octanol–water partition coefficient (Wildman–Crippen LogP) is 4.06. The first kappa shape index (κ1) is 11.8. The maximum absolute atomic E-state index is 6.51. The van der Waals surface area contributed by atoms with E-state index in [4.69, 9.17) is 5.73 Å². The summed E-state index contributed by atoms with van der Waals surface area (Å²) in [6.07, 6.45) is 8.78. The molecule has 1 aromatic heterocycles. The third-order valence-corrected chi connectivity index (χ3v) is 4.39. The maximum atomic E-state index is 6.51. The van der Waals surface area contributed by atoms with Crippen LogP contribution in [0.15, 0.2) is 24.4 Å². The molecule has 1 unspecified atom stereocenters. The smallest absolute Gasteiger partial charge is 0.0457 e. The van der Waals surface area contributed by atoms with Crippen LogP contribution in [-0.2, 0) is 0 Å². The number of aryl methyl sites for hydroxylation is 1. The van der Waals surface area contributed by atoms with Gasteiger partial charge in [-0.15, -0.1) is 0 Å². The largest absolute Gasteiger partial charge is 0.361 e. The minimum absolute atomic E-state index is 0.195. The van der Waals surface area contributed by atoms with Crippen molar-refractivity contribution in [3.05, 3.63) is 35.5 Å². The minimum Gasteiger partial charge on any atom is -0.361 e. The molecule has 1 aromatic carbocycles. The van der Waals surface area contributed by atoms with Crippen LogP contribution in [0.4, 0.5) is 0 Å². The molecule has 1 saturated carbocycles. The lowest BCUT2D eigenvalue weighted by atomic mass is 9.81. The molecule has 1 heterocycles. The van der Waals surface area contributed by atoms with Crippen LogP contribution in [0.25, 0.3) is 10.9 Å². The number of fused-ring (bicyclic) bond motifs is 1. The Hall–Kier alpha value is -1.28. The normalized spacial score (nSPS) is 19.2. The molecule has 1 fully saturated rings.